The van der Waals surface area contributed by atoms with Gasteiger partial charge in [-0.15, -0.1) is 12.4 Å². The average Bonchev–Trinajstić information content (AvgIpc) is 3.19. The summed E-state index contributed by atoms with van der Waals surface area (Å²) in [4.78, 5) is 15.0. The molecule has 1 atom stereocenters. The predicted octanol–water partition coefficient (Wildman–Crippen LogP) is 2.67. The third kappa shape index (κ3) is 6.17. The van der Waals surface area contributed by atoms with Gasteiger partial charge in [0.15, 0.2) is 0 Å². The molecule has 0 spiro atoms. The normalized spacial score (nSPS) is 16.8. The number of nitrogens with one attached hydrogen (secondary N) is 1. The van der Waals surface area contributed by atoms with Crippen molar-refractivity contribution in [3.8, 4) is 0 Å². The van der Waals surface area contributed by atoms with Crippen LogP contribution in [-0.2, 0) is 21.2 Å². The molecule has 1 fully saturated rings. The molecule has 1 unspecified atom stereocenters. The van der Waals surface area contributed by atoms with E-state index >= 15 is 0 Å². The fourth-order valence-corrected chi connectivity index (χ4v) is 5.05. The van der Waals surface area contributed by atoms with Crippen molar-refractivity contribution in [1.82, 2.24) is 14.5 Å². The molecule has 1 saturated heterocycles. The van der Waals surface area contributed by atoms with E-state index in [1.807, 2.05) is 30.9 Å². The van der Waals surface area contributed by atoms with Crippen molar-refractivity contribution in [1.29, 1.82) is 0 Å². The highest BCUT2D eigenvalue weighted by atomic mass is 35.5. The van der Waals surface area contributed by atoms with E-state index in [0.717, 1.165) is 38.0 Å². The smallest absolute Gasteiger partial charge is 0.243 e. The zero-order valence-corrected chi connectivity index (χ0v) is 18.8. The number of hydrogen-bond acceptors (Lipinski definition) is 4. The van der Waals surface area contributed by atoms with Crippen LogP contribution in [0.15, 0.2) is 29.2 Å². The summed E-state index contributed by atoms with van der Waals surface area (Å²) in [6.45, 7) is 9.33. The third-order valence-electron chi connectivity index (χ3n) is 5.15. The van der Waals surface area contributed by atoms with Crippen LogP contribution in [0.4, 0.5) is 0 Å². The summed E-state index contributed by atoms with van der Waals surface area (Å²) in [7, 11) is -3.43. The Morgan fingerprint density at radius 2 is 1.79 bits per heavy atom. The Morgan fingerprint density at radius 3 is 2.29 bits per heavy atom. The Bertz CT molecular complexity index is 700. The molecule has 1 aromatic rings. The summed E-state index contributed by atoms with van der Waals surface area (Å²) in [6, 6.07) is 7.26. The minimum absolute atomic E-state index is 0. The average molecular weight is 432 g/mol. The molecule has 1 aliphatic heterocycles. The van der Waals surface area contributed by atoms with Gasteiger partial charge in [-0.1, -0.05) is 32.9 Å². The van der Waals surface area contributed by atoms with Crippen molar-refractivity contribution in [2.45, 2.75) is 57.4 Å². The topological polar surface area (TPSA) is 69.7 Å². The molecular formula is C20H34ClN3O3S. The van der Waals surface area contributed by atoms with Crippen LogP contribution in [0, 0.1) is 0 Å². The molecule has 1 aliphatic rings. The number of nitrogens with zero attached hydrogens (tertiary/aromatic N) is 2. The molecule has 28 heavy (non-hydrogen) atoms. The number of sulfonamides is 1. The minimum Gasteiger partial charge on any atom is -0.338 e. The van der Waals surface area contributed by atoms with Gasteiger partial charge in [-0.2, -0.15) is 4.31 Å². The highest BCUT2D eigenvalue weighted by Gasteiger charge is 2.25. The molecule has 160 valence electrons. The summed E-state index contributed by atoms with van der Waals surface area (Å²) >= 11 is 0. The first kappa shape index (κ1) is 24.9. The summed E-state index contributed by atoms with van der Waals surface area (Å²) in [5.74, 6) is 0.186. The SMILES string of the molecule is CCCN(C(=O)CCc1ccc(S(=O)(=O)N(CC)CC)cc1)C1CCNC1.Cl. The van der Waals surface area contributed by atoms with E-state index in [1.54, 1.807) is 12.1 Å². The van der Waals surface area contributed by atoms with Gasteiger partial charge < -0.3 is 10.2 Å². The summed E-state index contributed by atoms with van der Waals surface area (Å²) in [5, 5.41) is 3.32. The summed E-state index contributed by atoms with van der Waals surface area (Å²) < 4.78 is 26.5. The van der Waals surface area contributed by atoms with E-state index in [4.69, 9.17) is 0 Å². The number of carbonyl (C=O) groups excluding carboxylic acids is 1. The molecule has 8 heteroatoms. The zero-order valence-electron chi connectivity index (χ0n) is 17.2. The molecular weight excluding hydrogens is 398 g/mol. The number of rotatable bonds is 10. The van der Waals surface area contributed by atoms with Crippen LogP contribution in [0.3, 0.4) is 0 Å². The number of amides is 1. The second kappa shape index (κ2) is 11.8. The van der Waals surface area contributed by atoms with Gasteiger partial charge in [0.1, 0.15) is 0 Å². The van der Waals surface area contributed by atoms with E-state index < -0.39 is 10.0 Å². The second-order valence-corrected chi connectivity index (χ2v) is 8.90. The molecule has 0 radical (unpaired) electrons. The zero-order chi connectivity index (χ0) is 19.9. The molecule has 1 aromatic carbocycles. The number of halogens is 1. The highest BCUT2D eigenvalue weighted by Crippen LogP contribution is 2.18. The highest BCUT2D eigenvalue weighted by molar-refractivity contribution is 7.89. The first-order valence-corrected chi connectivity index (χ1v) is 11.5. The molecule has 0 aromatic heterocycles. The van der Waals surface area contributed by atoms with Crippen molar-refractivity contribution in [2.24, 2.45) is 0 Å². The third-order valence-corrected chi connectivity index (χ3v) is 7.22. The first-order valence-electron chi connectivity index (χ1n) is 10.0. The molecule has 2 rings (SSSR count). The van der Waals surface area contributed by atoms with Crippen molar-refractivity contribution in [3.05, 3.63) is 29.8 Å². The molecule has 1 heterocycles. The van der Waals surface area contributed by atoms with Crippen LogP contribution in [0.1, 0.15) is 45.6 Å². The van der Waals surface area contributed by atoms with Gasteiger partial charge in [0, 0.05) is 38.6 Å². The fraction of sp³-hybridized carbons (Fsp3) is 0.650. The number of hydrogen-bond donors (Lipinski definition) is 1. The van der Waals surface area contributed by atoms with Gasteiger partial charge in [0.2, 0.25) is 15.9 Å². The maximum atomic E-state index is 12.7. The van der Waals surface area contributed by atoms with Crippen LogP contribution in [0.5, 0.6) is 0 Å². The van der Waals surface area contributed by atoms with Gasteiger partial charge in [-0.05, 0) is 43.5 Å². The Hall–Kier alpha value is -1.15. The van der Waals surface area contributed by atoms with Crippen molar-refractivity contribution in [3.63, 3.8) is 0 Å². The maximum absolute atomic E-state index is 12.7. The van der Waals surface area contributed by atoms with E-state index in [2.05, 4.69) is 12.2 Å². The Morgan fingerprint density at radius 1 is 1.14 bits per heavy atom. The van der Waals surface area contributed by atoms with Crippen LogP contribution < -0.4 is 5.32 Å². The first-order chi connectivity index (χ1) is 12.9. The molecule has 1 amide bonds. The quantitative estimate of drug-likeness (QED) is 0.618. The molecule has 0 saturated carbocycles. The lowest BCUT2D eigenvalue weighted by Gasteiger charge is -2.28. The minimum atomic E-state index is -3.43. The maximum Gasteiger partial charge on any atom is 0.243 e. The van der Waals surface area contributed by atoms with Gasteiger partial charge in [0.25, 0.3) is 0 Å². The number of carbonyl (C=O) groups is 1. The monoisotopic (exact) mass is 431 g/mol. The van der Waals surface area contributed by atoms with Crippen molar-refractivity contribution < 1.29 is 13.2 Å². The van der Waals surface area contributed by atoms with Crippen LogP contribution in [-0.4, -0.2) is 62.3 Å². The Balaban J connectivity index is 0.00000392. The van der Waals surface area contributed by atoms with E-state index in [0.29, 0.717) is 36.9 Å². The van der Waals surface area contributed by atoms with Gasteiger partial charge in [-0.3, -0.25) is 4.79 Å². The lowest BCUT2D eigenvalue weighted by Crippen LogP contribution is -2.42. The second-order valence-electron chi connectivity index (χ2n) is 6.97. The largest absolute Gasteiger partial charge is 0.338 e. The van der Waals surface area contributed by atoms with Crippen LogP contribution >= 0.6 is 12.4 Å². The Kier molecular flexibility index (Phi) is 10.4. The summed E-state index contributed by atoms with van der Waals surface area (Å²) in [6.07, 6.45) is 3.06. The number of aryl methyl sites for hydroxylation is 1. The van der Waals surface area contributed by atoms with E-state index in [1.165, 1.54) is 4.31 Å². The van der Waals surface area contributed by atoms with Crippen LogP contribution in [0.25, 0.3) is 0 Å². The molecule has 0 aliphatic carbocycles. The molecule has 6 nitrogen and oxygen atoms in total. The van der Waals surface area contributed by atoms with Gasteiger partial charge in [0.05, 0.1) is 4.90 Å². The van der Waals surface area contributed by atoms with Gasteiger partial charge >= 0.3 is 0 Å². The molecule has 0 bridgehead atoms. The van der Waals surface area contributed by atoms with Gasteiger partial charge in [-0.25, -0.2) is 8.42 Å². The molecule has 1 N–H and O–H groups in total. The Labute approximate surface area is 176 Å². The van der Waals surface area contributed by atoms with Crippen LogP contribution in [0.2, 0.25) is 0 Å². The predicted molar refractivity (Wildman–Crippen MR) is 115 cm³/mol. The van der Waals surface area contributed by atoms with Crippen molar-refractivity contribution >= 4 is 28.3 Å². The lowest BCUT2D eigenvalue weighted by atomic mass is 10.1. The van der Waals surface area contributed by atoms with Crippen molar-refractivity contribution in [2.75, 3.05) is 32.7 Å². The fourth-order valence-electron chi connectivity index (χ4n) is 3.59. The lowest BCUT2D eigenvalue weighted by molar-refractivity contribution is -0.133. The number of benzene rings is 1. The standard InChI is InChI=1S/C20H33N3O3S.ClH/c1-4-15-23(18-13-14-21-16-18)20(24)12-9-17-7-10-19(11-8-17)27(25,26)22(5-2)6-3;/h7-8,10-11,18,21H,4-6,9,12-16H2,1-3H3;1H. The van der Waals surface area contributed by atoms with E-state index in [-0.39, 0.29) is 18.3 Å². The summed E-state index contributed by atoms with van der Waals surface area (Å²) in [5.41, 5.74) is 0.989. The van der Waals surface area contributed by atoms with E-state index in [9.17, 15) is 13.2 Å².